The minimum atomic E-state index is -0.0994. The molecule has 1 aliphatic carbocycles. The van der Waals surface area contributed by atoms with Crippen molar-refractivity contribution in [2.45, 2.75) is 75.2 Å². The summed E-state index contributed by atoms with van der Waals surface area (Å²) in [5.41, 5.74) is 2.63. The maximum absolute atomic E-state index is 6.84. The third kappa shape index (κ3) is 1.65. The normalized spacial score (nSPS) is 43.0. The summed E-state index contributed by atoms with van der Waals surface area (Å²) in [4.78, 5) is 2.72. The van der Waals surface area contributed by atoms with Crippen LogP contribution >= 0.6 is 0 Å². The largest absolute Gasteiger partial charge is 0.493 e. The molecule has 4 fully saturated rings. The van der Waals surface area contributed by atoms with Gasteiger partial charge in [0.15, 0.2) is 11.5 Å². The summed E-state index contributed by atoms with van der Waals surface area (Å²) in [5, 5.41) is 0. The molecule has 5 aliphatic rings. The van der Waals surface area contributed by atoms with Crippen LogP contribution < -0.4 is 9.47 Å². The lowest BCUT2D eigenvalue weighted by atomic mass is 9.55. The van der Waals surface area contributed by atoms with E-state index in [1.54, 1.807) is 7.11 Å². The topological polar surface area (TPSA) is 30.9 Å². The molecule has 4 nitrogen and oxygen atoms in total. The molecule has 1 aromatic carbocycles. The van der Waals surface area contributed by atoms with Gasteiger partial charge < -0.3 is 14.2 Å². The molecule has 140 valence electrons. The van der Waals surface area contributed by atoms with Crippen molar-refractivity contribution in [2.75, 3.05) is 20.2 Å². The lowest BCUT2D eigenvalue weighted by Gasteiger charge is -2.55. The molecule has 1 saturated carbocycles. The molecule has 0 N–H and O–H groups in total. The molecule has 0 amide bonds. The number of hydrogen-bond acceptors (Lipinski definition) is 4. The van der Waals surface area contributed by atoms with Crippen LogP contribution in [0.15, 0.2) is 12.1 Å². The zero-order valence-electron chi connectivity index (χ0n) is 16.1. The molecule has 0 radical (unpaired) electrons. The molecule has 4 heterocycles. The Morgan fingerprint density at radius 2 is 2.08 bits per heavy atom. The van der Waals surface area contributed by atoms with E-state index in [1.165, 1.54) is 30.5 Å². The van der Waals surface area contributed by atoms with Crippen LogP contribution in [-0.2, 0) is 10.2 Å². The first-order valence-corrected chi connectivity index (χ1v) is 10.4. The van der Waals surface area contributed by atoms with Crippen LogP contribution in [0.5, 0.6) is 11.5 Å². The van der Waals surface area contributed by atoms with Crippen LogP contribution in [-0.4, -0.2) is 49.0 Å². The average molecular weight is 355 g/mol. The quantitative estimate of drug-likeness (QED) is 0.831. The van der Waals surface area contributed by atoms with Gasteiger partial charge in [0.05, 0.1) is 24.2 Å². The minimum absolute atomic E-state index is 0.00331. The van der Waals surface area contributed by atoms with Gasteiger partial charge in [0.1, 0.15) is 6.10 Å². The van der Waals surface area contributed by atoms with Gasteiger partial charge in [-0.25, -0.2) is 0 Å². The van der Waals surface area contributed by atoms with Crippen molar-refractivity contribution in [2.24, 2.45) is 5.92 Å². The Bertz CT molecular complexity index is 775. The van der Waals surface area contributed by atoms with Crippen molar-refractivity contribution in [3.8, 4) is 11.5 Å². The van der Waals surface area contributed by atoms with E-state index in [4.69, 9.17) is 14.2 Å². The molecule has 5 atom stereocenters. The predicted octanol–water partition coefficient (Wildman–Crippen LogP) is 3.44. The molecule has 2 spiro atoms. The summed E-state index contributed by atoms with van der Waals surface area (Å²) in [6.45, 7) is 7.06. The number of methoxy groups -OCH3 is 1. The first kappa shape index (κ1) is 15.8. The number of likely N-dealkylation sites (tertiary alicyclic amines) is 1. The summed E-state index contributed by atoms with van der Waals surface area (Å²) in [5.74, 6) is 2.81. The fourth-order valence-electron chi connectivity index (χ4n) is 6.84. The van der Waals surface area contributed by atoms with Gasteiger partial charge in [0.2, 0.25) is 0 Å². The summed E-state index contributed by atoms with van der Waals surface area (Å²) >= 11 is 0. The highest BCUT2D eigenvalue weighted by molar-refractivity contribution is 5.61. The highest BCUT2D eigenvalue weighted by Crippen LogP contribution is 2.69. The molecule has 2 bridgehead atoms. The molecular weight excluding hydrogens is 326 g/mol. The first-order chi connectivity index (χ1) is 12.6. The average Bonchev–Trinajstić information content (AvgIpc) is 3.13. The number of fused-ring (bicyclic) bond motifs is 3. The number of hydrogen-bond donors (Lipinski definition) is 0. The van der Waals surface area contributed by atoms with Gasteiger partial charge in [-0.15, -0.1) is 0 Å². The summed E-state index contributed by atoms with van der Waals surface area (Å²) in [7, 11) is 1.75. The van der Waals surface area contributed by atoms with E-state index in [0.717, 1.165) is 43.2 Å². The highest BCUT2D eigenvalue weighted by Gasteiger charge is 2.77. The van der Waals surface area contributed by atoms with Gasteiger partial charge in [-0.05, 0) is 70.0 Å². The Labute approximate surface area is 155 Å². The molecule has 0 unspecified atom stereocenters. The Morgan fingerprint density at radius 1 is 1.23 bits per heavy atom. The van der Waals surface area contributed by atoms with Crippen LogP contribution in [0.4, 0.5) is 0 Å². The molecule has 26 heavy (non-hydrogen) atoms. The number of rotatable bonds is 3. The smallest absolute Gasteiger partial charge is 0.166 e. The van der Waals surface area contributed by atoms with Crippen molar-refractivity contribution in [1.29, 1.82) is 0 Å². The third-order valence-electron chi connectivity index (χ3n) is 8.19. The fraction of sp³-hybridized carbons (Fsp3) is 0.727. The minimum Gasteiger partial charge on any atom is -0.493 e. The number of nitrogens with zero attached hydrogens (tertiary/aromatic N) is 1. The summed E-state index contributed by atoms with van der Waals surface area (Å²) in [6.07, 6.45) is 6.65. The molecular formula is C22H29NO3. The Hall–Kier alpha value is -1.26. The van der Waals surface area contributed by atoms with Crippen molar-refractivity contribution in [3.63, 3.8) is 0 Å². The zero-order chi connectivity index (χ0) is 17.7. The maximum atomic E-state index is 6.84. The van der Waals surface area contributed by atoms with E-state index in [9.17, 15) is 0 Å². The van der Waals surface area contributed by atoms with E-state index >= 15 is 0 Å². The van der Waals surface area contributed by atoms with Gasteiger partial charge in [-0.3, -0.25) is 4.90 Å². The second-order valence-corrected chi connectivity index (χ2v) is 9.25. The molecule has 0 aromatic heterocycles. The molecule has 1 aromatic rings. The highest BCUT2D eigenvalue weighted by atomic mass is 16.6. The van der Waals surface area contributed by atoms with Gasteiger partial charge in [-0.1, -0.05) is 6.07 Å². The van der Waals surface area contributed by atoms with Crippen molar-refractivity contribution >= 4 is 0 Å². The van der Waals surface area contributed by atoms with E-state index in [1.807, 2.05) is 0 Å². The monoisotopic (exact) mass is 355 g/mol. The van der Waals surface area contributed by atoms with Gasteiger partial charge in [-0.2, -0.15) is 0 Å². The lowest BCUT2D eigenvalue weighted by Crippen LogP contribution is -2.68. The Morgan fingerprint density at radius 3 is 2.85 bits per heavy atom. The maximum Gasteiger partial charge on any atom is 0.166 e. The molecule has 3 saturated heterocycles. The van der Waals surface area contributed by atoms with Gasteiger partial charge in [0, 0.05) is 18.2 Å². The predicted molar refractivity (Wildman–Crippen MR) is 99.0 cm³/mol. The van der Waals surface area contributed by atoms with Crippen LogP contribution in [0.25, 0.3) is 0 Å². The molecule has 6 rings (SSSR count). The molecule has 4 aliphatic heterocycles. The van der Waals surface area contributed by atoms with E-state index in [-0.39, 0.29) is 23.2 Å². The standard InChI is InChI=1S/C22H29NO3/c1-13-4-7-16(24-3)19-18(13)21-10-11-23(12-15-5-6-15)14(2)22(21)9-8-17(26-22)20(21)25-19/h4,7,14-15,17,20H,5-6,8-12H2,1-3H3/t14-,17-,20+,21+,22-/m0/s1. The number of ether oxygens (including phenoxy) is 3. The summed E-state index contributed by atoms with van der Waals surface area (Å²) in [6, 6.07) is 4.72. The van der Waals surface area contributed by atoms with E-state index in [2.05, 4.69) is 30.9 Å². The second-order valence-electron chi connectivity index (χ2n) is 9.25. The van der Waals surface area contributed by atoms with Crippen molar-refractivity contribution < 1.29 is 14.2 Å². The SMILES string of the molecule is COc1ccc(C)c2c1O[C@@H]1[C@@H]3CC[C@]4(O3)[C@H](C)N(CC3CC3)CC[C@@]214. The van der Waals surface area contributed by atoms with E-state index in [0.29, 0.717) is 6.04 Å². The van der Waals surface area contributed by atoms with Crippen LogP contribution in [0.1, 0.15) is 50.2 Å². The number of piperidine rings is 1. The third-order valence-corrected chi connectivity index (χ3v) is 8.19. The van der Waals surface area contributed by atoms with Crippen molar-refractivity contribution in [3.05, 3.63) is 23.3 Å². The Balaban J connectivity index is 1.51. The van der Waals surface area contributed by atoms with Gasteiger partial charge >= 0.3 is 0 Å². The van der Waals surface area contributed by atoms with Crippen LogP contribution in [0.2, 0.25) is 0 Å². The molecule has 4 heteroatoms. The summed E-state index contributed by atoms with van der Waals surface area (Å²) < 4.78 is 19.2. The second kappa shape index (κ2) is 4.96. The zero-order valence-corrected chi connectivity index (χ0v) is 16.1. The van der Waals surface area contributed by atoms with E-state index < -0.39 is 0 Å². The van der Waals surface area contributed by atoms with Gasteiger partial charge in [0.25, 0.3) is 0 Å². The fourth-order valence-corrected chi connectivity index (χ4v) is 6.84. The van der Waals surface area contributed by atoms with Crippen molar-refractivity contribution in [1.82, 2.24) is 4.90 Å². The van der Waals surface area contributed by atoms with Crippen LogP contribution in [0.3, 0.4) is 0 Å². The lowest BCUT2D eigenvalue weighted by molar-refractivity contribution is -0.110. The number of benzene rings is 1. The van der Waals surface area contributed by atoms with Crippen LogP contribution in [0, 0.1) is 12.8 Å². The Kier molecular flexibility index (Phi) is 3.01. The first-order valence-electron chi connectivity index (χ1n) is 10.4. The number of aryl methyl sites for hydroxylation is 1.